The van der Waals surface area contributed by atoms with Gasteiger partial charge in [-0.3, -0.25) is 0 Å². The molecule has 1 aromatic heterocycles. The summed E-state index contributed by atoms with van der Waals surface area (Å²) in [5.41, 5.74) is 0.932. The Balaban J connectivity index is 3.28. The van der Waals surface area contributed by atoms with Crippen molar-refractivity contribution >= 4 is 23.5 Å². The molecule has 0 saturated carbocycles. The van der Waals surface area contributed by atoms with Crippen LogP contribution in [0.4, 0.5) is 5.82 Å². The van der Waals surface area contributed by atoms with Gasteiger partial charge in [-0.15, -0.1) is 0 Å². The first-order valence-electron chi connectivity index (χ1n) is 7.18. The molecule has 0 spiro atoms. The van der Waals surface area contributed by atoms with Crippen LogP contribution in [0.2, 0.25) is 0 Å². The first kappa shape index (κ1) is 17.8. The number of rotatable bonds is 6. The highest BCUT2D eigenvalue weighted by molar-refractivity contribution is 7.98. The number of thioether (sulfide) groups is 1. The van der Waals surface area contributed by atoms with E-state index in [9.17, 15) is 9.90 Å². The molecular weight excluding hydrogens is 284 g/mol. The molecule has 0 amide bonds. The number of aromatic nitrogens is 1. The van der Waals surface area contributed by atoms with Gasteiger partial charge in [-0.2, -0.15) is 11.8 Å². The highest BCUT2D eigenvalue weighted by Gasteiger charge is 2.22. The van der Waals surface area contributed by atoms with Crippen molar-refractivity contribution in [1.82, 2.24) is 4.98 Å². The van der Waals surface area contributed by atoms with Crippen LogP contribution in [0.5, 0.6) is 0 Å². The van der Waals surface area contributed by atoms with Crippen molar-refractivity contribution in [2.75, 3.05) is 24.0 Å². The Kier molecular flexibility index (Phi) is 6.08. The van der Waals surface area contributed by atoms with E-state index in [-0.39, 0.29) is 5.41 Å². The van der Waals surface area contributed by atoms with Gasteiger partial charge >= 0.3 is 5.97 Å². The maximum Gasteiger partial charge on any atom is 0.335 e. The van der Waals surface area contributed by atoms with Crippen LogP contribution in [0, 0.1) is 0 Å². The topological polar surface area (TPSA) is 53.4 Å². The van der Waals surface area contributed by atoms with Gasteiger partial charge in [-0.05, 0) is 24.8 Å². The van der Waals surface area contributed by atoms with Crippen LogP contribution in [0.25, 0.3) is 0 Å². The number of hydrogen-bond acceptors (Lipinski definition) is 4. The van der Waals surface area contributed by atoms with E-state index in [0.29, 0.717) is 11.6 Å². The van der Waals surface area contributed by atoms with E-state index in [4.69, 9.17) is 4.98 Å². The molecule has 0 aliphatic heterocycles. The number of hydrogen-bond donors (Lipinski definition) is 1. The average molecular weight is 310 g/mol. The van der Waals surface area contributed by atoms with E-state index in [1.54, 1.807) is 23.9 Å². The predicted molar refractivity (Wildman–Crippen MR) is 90.8 cm³/mol. The molecule has 0 aliphatic carbocycles. The molecule has 1 atom stereocenters. The van der Waals surface area contributed by atoms with Gasteiger partial charge in [0.1, 0.15) is 5.82 Å². The molecule has 118 valence electrons. The lowest BCUT2D eigenvalue weighted by Crippen LogP contribution is -2.34. The zero-order valence-corrected chi connectivity index (χ0v) is 14.6. The fourth-order valence-electron chi connectivity index (χ4n) is 2.09. The third-order valence-electron chi connectivity index (χ3n) is 3.57. The minimum absolute atomic E-state index is 0.178. The van der Waals surface area contributed by atoms with E-state index < -0.39 is 5.97 Å². The summed E-state index contributed by atoms with van der Waals surface area (Å²) in [6, 6.07) is 3.69. The maximum atomic E-state index is 11.4. The van der Waals surface area contributed by atoms with Crippen LogP contribution in [0.3, 0.4) is 0 Å². The Morgan fingerprint density at radius 3 is 2.48 bits per heavy atom. The summed E-state index contributed by atoms with van der Waals surface area (Å²) in [6.07, 6.45) is 3.08. The van der Waals surface area contributed by atoms with Gasteiger partial charge < -0.3 is 10.0 Å². The lowest BCUT2D eigenvalue weighted by molar-refractivity contribution is 0.0696. The lowest BCUT2D eigenvalue weighted by Gasteiger charge is -2.29. The van der Waals surface area contributed by atoms with Crippen molar-refractivity contribution in [3.05, 3.63) is 23.4 Å². The van der Waals surface area contributed by atoms with Gasteiger partial charge in [-0.1, -0.05) is 27.7 Å². The molecule has 0 aromatic carbocycles. The van der Waals surface area contributed by atoms with E-state index in [2.05, 4.69) is 18.1 Å². The summed E-state index contributed by atoms with van der Waals surface area (Å²) in [5.74, 6) is 0.827. The predicted octanol–water partition coefficient (Wildman–Crippen LogP) is 3.66. The molecule has 4 nitrogen and oxygen atoms in total. The molecule has 1 unspecified atom stereocenters. The van der Waals surface area contributed by atoms with E-state index in [1.165, 1.54) is 0 Å². The summed E-state index contributed by atoms with van der Waals surface area (Å²) >= 11 is 1.79. The van der Waals surface area contributed by atoms with Gasteiger partial charge in [-0.25, -0.2) is 9.78 Å². The molecule has 1 N–H and O–H groups in total. The summed E-state index contributed by atoms with van der Waals surface area (Å²) < 4.78 is 0. The molecule has 0 saturated heterocycles. The Morgan fingerprint density at radius 1 is 1.43 bits per heavy atom. The highest BCUT2D eigenvalue weighted by atomic mass is 32.2. The number of carboxylic acids is 1. The Hall–Kier alpha value is -1.23. The van der Waals surface area contributed by atoms with Gasteiger partial charge in [0.15, 0.2) is 0 Å². The minimum Gasteiger partial charge on any atom is -0.478 e. The monoisotopic (exact) mass is 310 g/mol. The standard InChI is InChI=1S/C16H26N2O2S/c1-7-12(10-21-6)18(5)14-9-11(15(19)20)8-13(17-14)16(2,3)4/h8-9,12H,7,10H2,1-6H3,(H,19,20). The normalized spacial score (nSPS) is 13.0. The largest absolute Gasteiger partial charge is 0.478 e. The second-order valence-corrected chi connectivity index (χ2v) is 7.19. The van der Waals surface area contributed by atoms with Crippen LogP contribution < -0.4 is 4.90 Å². The van der Waals surface area contributed by atoms with Gasteiger partial charge in [0.05, 0.1) is 5.56 Å². The van der Waals surface area contributed by atoms with Gasteiger partial charge in [0.2, 0.25) is 0 Å². The minimum atomic E-state index is -0.907. The van der Waals surface area contributed by atoms with E-state index in [1.807, 2.05) is 27.8 Å². The number of anilines is 1. The van der Waals surface area contributed by atoms with Gasteiger partial charge in [0.25, 0.3) is 0 Å². The van der Waals surface area contributed by atoms with Crippen LogP contribution in [0.15, 0.2) is 12.1 Å². The summed E-state index contributed by atoms with van der Waals surface area (Å²) in [4.78, 5) is 18.2. The zero-order chi connectivity index (χ0) is 16.2. The molecule has 0 fully saturated rings. The maximum absolute atomic E-state index is 11.4. The quantitative estimate of drug-likeness (QED) is 0.869. The fraction of sp³-hybridized carbons (Fsp3) is 0.625. The third kappa shape index (κ3) is 4.63. The molecular formula is C16H26N2O2S. The summed E-state index contributed by atoms with van der Waals surface area (Å²) in [5, 5.41) is 9.33. The Labute approximate surface area is 132 Å². The molecule has 1 rings (SSSR count). The first-order chi connectivity index (χ1) is 9.70. The number of carbonyl (C=O) groups is 1. The Bertz CT molecular complexity index is 498. The fourth-order valence-corrected chi connectivity index (χ4v) is 2.93. The van der Waals surface area contributed by atoms with Crippen molar-refractivity contribution in [3.63, 3.8) is 0 Å². The smallest absolute Gasteiger partial charge is 0.335 e. The van der Waals surface area contributed by atoms with Crippen LogP contribution >= 0.6 is 11.8 Å². The SMILES string of the molecule is CCC(CSC)N(C)c1cc(C(=O)O)cc(C(C)(C)C)n1. The number of carboxylic acid groups (broad SMARTS) is 1. The third-order valence-corrected chi connectivity index (χ3v) is 4.28. The summed E-state index contributed by atoms with van der Waals surface area (Å²) in [7, 11) is 1.99. The number of pyridine rings is 1. The van der Waals surface area contributed by atoms with E-state index in [0.717, 1.165) is 23.7 Å². The van der Waals surface area contributed by atoms with Crippen molar-refractivity contribution in [3.8, 4) is 0 Å². The molecule has 0 bridgehead atoms. The summed E-state index contributed by atoms with van der Waals surface area (Å²) in [6.45, 7) is 8.28. The molecule has 0 aliphatic rings. The first-order valence-corrected chi connectivity index (χ1v) is 8.57. The Morgan fingerprint density at radius 2 is 2.05 bits per heavy atom. The molecule has 5 heteroatoms. The highest BCUT2D eigenvalue weighted by Crippen LogP contribution is 2.26. The van der Waals surface area contributed by atoms with Crippen molar-refractivity contribution < 1.29 is 9.90 Å². The number of nitrogens with zero attached hydrogens (tertiary/aromatic N) is 2. The van der Waals surface area contributed by atoms with Crippen molar-refractivity contribution in [2.24, 2.45) is 0 Å². The van der Waals surface area contributed by atoms with E-state index >= 15 is 0 Å². The second kappa shape index (κ2) is 7.16. The van der Waals surface area contributed by atoms with Crippen LogP contribution in [-0.4, -0.2) is 41.2 Å². The van der Waals surface area contributed by atoms with Crippen LogP contribution in [0.1, 0.15) is 50.2 Å². The van der Waals surface area contributed by atoms with Crippen LogP contribution in [-0.2, 0) is 5.41 Å². The van der Waals surface area contributed by atoms with Crippen molar-refractivity contribution in [1.29, 1.82) is 0 Å². The zero-order valence-electron chi connectivity index (χ0n) is 13.8. The molecule has 0 radical (unpaired) electrons. The average Bonchev–Trinajstić information content (AvgIpc) is 2.42. The van der Waals surface area contributed by atoms with Crippen molar-refractivity contribution in [2.45, 2.75) is 45.6 Å². The molecule has 1 aromatic rings. The number of aromatic carboxylic acids is 1. The lowest BCUT2D eigenvalue weighted by atomic mass is 9.90. The van der Waals surface area contributed by atoms with Gasteiger partial charge in [0, 0.05) is 30.0 Å². The molecule has 21 heavy (non-hydrogen) atoms. The molecule has 1 heterocycles. The second-order valence-electron chi connectivity index (χ2n) is 6.28.